The van der Waals surface area contributed by atoms with Gasteiger partial charge in [0.1, 0.15) is 11.9 Å². The lowest BCUT2D eigenvalue weighted by Crippen LogP contribution is -2.47. The molecule has 2 aromatic carbocycles. The minimum atomic E-state index is -3.50. The summed E-state index contributed by atoms with van der Waals surface area (Å²) in [4.78, 5) is 28.1. The lowest BCUT2D eigenvalue weighted by Gasteiger charge is -2.34. The van der Waals surface area contributed by atoms with E-state index >= 15 is 0 Å². The van der Waals surface area contributed by atoms with Gasteiger partial charge in [0.05, 0.1) is 30.9 Å². The number of nitrogens with one attached hydrogen (secondary N) is 1. The summed E-state index contributed by atoms with van der Waals surface area (Å²) in [6, 6.07) is 11.2. The van der Waals surface area contributed by atoms with E-state index in [1.807, 2.05) is 14.0 Å². The zero-order valence-electron chi connectivity index (χ0n) is 21.5. The third-order valence-corrected chi connectivity index (χ3v) is 6.97. The number of aliphatic hydroxyl groups is 1. The molecule has 3 N–H and O–H groups in total. The van der Waals surface area contributed by atoms with Crippen molar-refractivity contribution in [3.05, 3.63) is 59.2 Å². The van der Waals surface area contributed by atoms with Gasteiger partial charge in [0.15, 0.2) is 0 Å². The minimum absolute atomic E-state index is 0.00413. The number of carboxylic acids is 1. The highest BCUT2D eigenvalue weighted by molar-refractivity contribution is 7.92. The molecule has 0 fully saturated rings. The number of likely N-dealkylation sites (N-methyl/N-ethyl adjacent to an activating group) is 1. The van der Waals surface area contributed by atoms with Crippen molar-refractivity contribution in [2.75, 3.05) is 37.7 Å². The number of hydrogen-bond acceptors (Lipinski definition) is 7. The number of hydrogen-bond donors (Lipinski definition) is 3. The molecule has 3 rings (SSSR count). The number of benzene rings is 2. The van der Waals surface area contributed by atoms with Crippen LogP contribution in [-0.4, -0.2) is 85.5 Å². The molecule has 0 bridgehead atoms. The number of nitrogens with zero attached hydrogens (tertiary/aromatic N) is 2. The van der Waals surface area contributed by atoms with Gasteiger partial charge in [-0.05, 0) is 49.9 Å². The molecule has 0 aliphatic carbocycles. The van der Waals surface area contributed by atoms with Crippen LogP contribution in [0.15, 0.2) is 42.5 Å². The van der Waals surface area contributed by atoms with Crippen molar-refractivity contribution in [2.24, 2.45) is 5.92 Å². The standard InChI is InChI=1S/C26H35N3O7S/c1-17-13-29(18(2)16-30)25(31)12-21-11-22(27-37(4,34)35)9-10-23(21)36-24(17)15-28(3)14-19-5-7-20(8-6-19)26(32)33/h5-11,17-18,24,27,30H,12-16H2,1-4H3,(H,32,33)/t17-,18+,24-/m1/s1. The molecule has 1 aliphatic rings. The maximum Gasteiger partial charge on any atom is 0.335 e. The quantitative estimate of drug-likeness (QED) is 0.446. The van der Waals surface area contributed by atoms with Crippen molar-refractivity contribution in [2.45, 2.75) is 39.0 Å². The fourth-order valence-corrected chi connectivity index (χ4v) is 4.92. The maximum absolute atomic E-state index is 13.2. The topological polar surface area (TPSA) is 136 Å². The molecule has 0 aromatic heterocycles. The maximum atomic E-state index is 13.2. The molecule has 202 valence electrons. The summed E-state index contributed by atoms with van der Waals surface area (Å²) >= 11 is 0. The van der Waals surface area contributed by atoms with Crippen LogP contribution in [0.5, 0.6) is 5.75 Å². The predicted molar refractivity (Wildman–Crippen MR) is 140 cm³/mol. The number of rotatable bonds is 9. The molecule has 2 aromatic rings. The molecule has 0 spiro atoms. The van der Waals surface area contributed by atoms with Gasteiger partial charge in [0.2, 0.25) is 15.9 Å². The minimum Gasteiger partial charge on any atom is -0.488 e. The first kappa shape index (κ1) is 28.4. The van der Waals surface area contributed by atoms with E-state index in [-0.39, 0.29) is 42.6 Å². The van der Waals surface area contributed by atoms with Crippen molar-refractivity contribution >= 4 is 27.6 Å². The van der Waals surface area contributed by atoms with Crippen LogP contribution in [0.3, 0.4) is 0 Å². The third-order valence-electron chi connectivity index (χ3n) is 6.36. The molecule has 1 amide bonds. The molecule has 0 saturated carbocycles. The average Bonchev–Trinajstić information content (AvgIpc) is 2.86. The molecule has 1 heterocycles. The van der Waals surface area contributed by atoms with E-state index in [9.17, 15) is 23.1 Å². The highest BCUT2D eigenvalue weighted by Gasteiger charge is 2.31. The van der Waals surface area contributed by atoms with E-state index in [1.165, 1.54) is 0 Å². The van der Waals surface area contributed by atoms with Crippen LogP contribution in [0, 0.1) is 5.92 Å². The summed E-state index contributed by atoms with van der Waals surface area (Å²) in [6.07, 6.45) is 0.739. The number of carbonyl (C=O) groups excluding carboxylic acids is 1. The number of fused-ring (bicyclic) bond motifs is 1. The lowest BCUT2D eigenvalue weighted by atomic mass is 10.0. The Morgan fingerprint density at radius 1 is 1.24 bits per heavy atom. The molecule has 37 heavy (non-hydrogen) atoms. The van der Waals surface area contributed by atoms with Crippen LogP contribution in [-0.2, 0) is 27.8 Å². The first-order valence-corrected chi connectivity index (χ1v) is 13.9. The zero-order valence-corrected chi connectivity index (χ0v) is 22.4. The van der Waals surface area contributed by atoms with Crippen LogP contribution in [0.25, 0.3) is 0 Å². The van der Waals surface area contributed by atoms with Gasteiger partial charge in [-0.3, -0.25) is 14.4 Å². The van der Waals surface area contributed by atoms with Crippen molar-refractivity contribution in [3.8, 4) is 5.75 Å². The van der Waals surface area contributed by atoms with Gasteiger partial charge in [-0.25, -0.2) is 13.2 Å². The second-order valence-corrected chi connectivity index (χ2v) is 11.5. The smallest absolute Gasteiger partial charge is 0.335 e. The number of carboxylic acid groups (broad SMARTS) is 1. The normalized spacial score (nSPS) is 19.3. The molecule has 11 heteroatoms. The van der Waals surface area contributed by atoms with Gasteiger partial charge >= 0.3 is 5.97 Å². The summed E-state index contributed by atoms with van der Waals surface area (Å²) in [5.41, 5.74) is 2.07. The number of amides is 1. The van der Waals surface area contributed by atoms with Crippen LogP contribution in [0.2, 0.25) is 0 Å². The highest BCUT2D eigenvalue weighted by atomic mass is 32.2. The van der Waals surface area contributed by atoms with Crippen molar-refractivity contribution in [1.29, 1.82) is 0 Å². The van der Waals surface area contributed by atoms with E-state index in [1.54, 1.807) is 54.3 Å². The summed E-state index contributed by atoms with van der Waals surface area (Å²) < 4.78 is 32.3. The first-order valence-electron chi connectivity index (χ1n) is 12.0. The van der Waals surface area contributed by atoms with E-state index in [2.05, 4.69) is 9.62 Å². The Hall–Kier alpha value is -3.15. The fraction of sp³-hybridized carbons (Fsp3) is 0.462. The Balaban J connectivity index is 1.88. The largest absolute Gasteiger partial charge is 0.488 e. The van der Waals surface area contributed by atoms with Crippen LogP contribution >= 0.6 is 0 Å². The second-order valence-electron chi connectivity index (χ2n) is 9.78. The number of anilines is 1. The fourth-order valence-electron chi connectivity index (χ4n) is 4.36. The van der Waals surface area contributed by atoms with Gasteiger partial charge in [-0.2, -0.15) is 0 Å². The van der Waals surface area contributed by atoms with Gasteiger partial charge in [-0.15, -0.1) is 0 Å². The Bertz CT molecular complexity index is 1220. The van der Waals surface area contributed by atoms with Gasteiger partial charge in [0.25, 0.3) is 0 Å². The molecular weight excluding hydrogens is 498 g/mol. The van der Waals surface area contributed by atoms with Crippen LogP contribution in [0.4, 0.5) is 5.69 Å². The van der Waals surface area contributed by atoms with Crippen LogP contribution in [0.1, 0.15) is 35.3 Å². The highest BCUT2D eigenvalue weighted by Crippen LogP contribution is 2.29. The Morgan fingerprint density at radius 3 is 2.51 bits per heavy atom. The Morgan fingerprint density at radius 2 is 1.92 bits per heavy atom. The van der Waals surface area contributed by atoms with E-state index in [0.717, 1.165) is 11.8 Å². The summed E-state index contributed by atoms with van der Waals surface area (Å²) in [6.45, 7) is 5.06. The van der Waals surface area contributed by atoms with Gasteiger partial charge < -0.3 is 19.8 Å². The molecule has 0 radical (unpaired) electrons. The molecular formula is C26H35N3O7S. The van der Waals surface area contributed by atoms with E-state index in [4.69, 9.17) is 9.84 Å². The van der Waals surface area contributed by atoms with Crippen molar-refractivity contribution in [3.63, 3.8) is 0 Å². The van der Waals surface area contributed by atoms with E-state index in [0.29, 0.717) is 36.6 Å². The number of ether oxygens (including phenoxy) is 1. The monoisotopic (exact) mass is 533 g/mol. The average molecular weight is 534 g/mol. The predicted octanol–water partition coefficient (Wildman–Crippen LogP) is 2.04. The number of carbonyl (C=O) groups is 2. The van der Waals surface area contributed by atoms with Gasteiger partial charge in [-0.1, -0.05) is 19.1 Å². The molecule has 1 aliphatic heterocycles. The first-order chi connectivity index (χ1) is 17.4. The third kappa shape index (κ3) is 7.91. The molecule has 3 atom stereocenters. The molecule has 0 unspecified atom stereocenters. The second kappa shape index (κ2) is 11.9. The number of sulfonamides is 1. The molecule has 10 nitrogen and oxygen atoms in total. The Kier molecular flexibility index (Phi) is 9.16. The number of aromatic carboxylic acids is 1. The summed E-state index contributed by atoms with van der Waals surface area (Å²) in [7, 11) is -1.56. The molecule has 0 saturated heterocycles. The lowest BCUT2D eigenvalue weighted by molar-refractivity contribution is -0.134. The van der Waals surface area contributed by atoms with Gasteiger partial charge in [0, 0.05) is 36.8 Å². The van der Waals surface area contributed by atoms with Crippen LogP contribution < -0.4 is 9.46 Å². The SMILES string of the molecule is C[C@@H]1CN([C@@H](C)CO)C(=O)Cc2cc(NS(C)(=O)=O)ccc2O[C@@H]1CN(C)Cc1ccc(C(=O)O)cc1. The summed E-state index contributed by atoms with van der Waals surface area (Å²) in [5.74, 6) is -0.740. The number of aliphatic hydroxyl groups excluding tert-OH is 1. The summed E-state index contributed by atoms with van der Waals surface area (Å²) in [5, 5.41) is 18.9. The Labute approximate surface area is 217 Å². The van der Waals surface area contributed by atoms with Crippen molar-refractivity contribution < 1.29 is 33.0 Å². The van der Waals surface area contributed by atoms with Crippen molar-refractivity contribution in [1.82, 2.24) is 9.80 Å². The zero-order chi connectivity index (χ0) is 27.3. The van der Waals surface area contributed by atoms with E-state index < -0.39 is 16.0 Å².